The zero-order valence-corrected chi connectivity index (χ0v) is 11.4. The topological polar surface area (TPSA) is 52.6 Å². The van der Waals surface area contributed by atoms with Gasteiger partial charge in [-0.15, -0.1) is 0 Å². The number of carboxylic acids is 1. The van der Waals surface area contributed by atoms with Crippen LogP contribution in [0.5, 0.6) is 0 Å². The Kier molecular flexibility index (Phi) is 5.01. The Labute approximate surface area is 110 Å². The minimum atomic E-state index is -0.647. The smallest absolute Gasteiger partial charge is 0.320 e. The zero-order chi connectivity index (χ0) is 13.0. The van der Waals surface area contributed by atoms with E-state index in [4.69, 9.17) is 0 Å². The monoisotopic (exact) mass is 254 g/mol. The lowest BCUT2D eigenvalue weighted by Crippen LogP contribution is -2.46. The van der Waals surface area contributed by atoms with Gasteiger partial charge in [-0.05, 0) is 57.7 Å². The second-order valence-electron chi connectivity index (χ2n) is 5.80. The highest BCUT2D eigenvalue weighted by molar-refractivity contribution is 5.73. The molecule has 1 atom stereocenters. The van der Waals surface area contributed by atoms with Crippen LogP contribution in [0.4, 0.5) is 0 Å². The molecule has 18 heavy (non-hydrogen) atoms. The molecule has 0 spiro atoms. The Morgan fingerprint density at radius 3 is 2.50 bits per heavy atom. The summed E-state index contributed by atoms with van der Waals surface area (Å²) in [5.74, 6) is 0.101. The van der Waals surface area contributed by atoms with Crippen molar-refractivity contribution in [3.05, 3.63) is 0 Å². The summed E-state index contributed by atoms with van der Waals surface area (Å²) in [5, 5.41) is 12.8. The van der Waals surface area contributed by atoms with E-state index in [0.717, 1.165) is 57.3 Å². The molecule has 2 rings (SSSR count). The van der Waals surface area contributed by atoms with Crippen molar-refractivity contribution in [3.8, 4) is 0 Å². The van der Waals surface area contributed by atoms with Crippen molar-refractivity contribution in [2.75, 3.05) is 19.6 Å². The number of hydrogen-bond donors (Lipinski definition) is 2. The van der Waals surface area contributed by atoms with Crippen molar-refractivity contribution in [2.24, 2.45) is 5.92 Å². The molecule has 1 aliphatic carbocycles. The minimum absolute atomic E-state index is 0.257. The number of aliphatic carboxylic acids is 1. The van der Waals surface area contributed by atoms with E-state index in [-0.39, 0.29) is 6.04 Å². The molecule has 0 bridgehead atoms. The van der Waals surface area contributed by atoms with Gasteiger partial charge < -0.3 is 10.4 Å². The van der Waals surface area contributed by atoms with Gasteiger partial charge in [0.25, 0.3) is 0 Å². The van der Waals surface area contributed by atoms with Crippen LogP contribution >= 0.6 is 0 Å². The Balaban J connectivity index is 1.71. The third kappa shape index (κ3) is 3.95. The fourth-order valence-electron chi connectivity index (χ4n) is 2.83. The molecule has 2 fully saturated rings. The van der Waals surface area contributed by atoms with E-state index in [1.165, 1.54) is 12.8 Å². The fraction of sp³-hybridized carbons (Fsp3) is 0.929. The van der Waals surface area contributed by atoms with Gasteiger partial charge in [0, 0.05) is 6.04 Å². The summed E-state index contributed by atoms with van der Waals surface area (Å²) in [7, 11) is 0. The van der Waals surface area contributed by atoms with Crippen molar-refractivity contribution in [1.29, 1.82) is 0 Å². The molecular formula is C14H26N2O2. The van der Waals surface area contributed by atoms with Crippen LogP contribution in [0.2, 0.25) is 0 Å². The molecule has 0 aromatic rings. The summed E-state index contributed by atoms with van der Waals surface area (Å²) in [5.41, 5.74) is 0. The number of piperidine rings is 1. The molecule has 1 heterocycles. The van der Waals surface area contributed by atoms with Crippen LogP contribution < -0.4 is 5.32 Å². The SMILES string of the molecule is CCCC(C(=O)O)N1CCC(CNC2CC2)CC1. The van der Waals surface area contributed by atoms with Crippen molar-refractivity contribution < 1.29 is 9.90 Å². The molecule has 104 valence electrons. The first kappa shape index (κ1) is 13.8. The van der Waals surface area contributed by atoms with Gasteiger partial charge in [0.15, 0.2) is 0 Å². The Hall–Kier alpha value is -0.610. The molecule has 1 aliphatic heterocycles. The predicted molar refractivity (Wildman–Crippen MR) is 71.7 cm³/mol. The third-order valence-electron chi connectivity index (χ3n) is 4.21. The number of carbonyl (C=O) groups is 1. The van der Waals surface area contributed by atoms with E-state index in [2.05, 4.69) is 17.1 Å². The van der Waals surface area contributed by atoms with Gasteiger partial charge in [-0.25, -0.2) is 0 Å². The molecule has 4 nitrogen and oxygen atoms in total. The quantitative estimate of drug-likeness (QED) is 0.726. The maximum absolute atomic E-state index is 11.2. The molecule has 0 radical (unpaired) electrons. The largest absolute Gasteiger partial charge is 0.480 e. The van der Waals surface area contributed by atoms with Crippen LogP contribution in [0.15, 0.2) is 0 Å². The molecular weight excluding hydrogens is 228 g/mol. The maximum Gasteiger partial charge on any atom is 0.320 e. The van der Waals surface area contributed by atoms with Crippen molar-refractivity contribution in [1.82, 2.24) is 10.2 Å². The molecule has 1 saturated carbocycles. The van der Waals surface area contributed by atoms with Gasteiger partial charge >= 0.3 is 5.97 Å². The van der Waals surface area contributed by atoms with E-state index in [1.807, 2.05) is 0 Å². The number of hydrogen-bond acceptors (Lipinski definition) is 3. The summed E-state index contributed by atoms with van der Waals surface area (Å²) in [6.07, 6.45) is 6.70. The van der Waals surface area contributed by atoms with Crippen LogP contribution in [-0.4, -0.2) is 47.7 Å². The van der Waals surface area contributed by atoms with E-state index >= 15 is 0 Å². The van der Waals surface area contributed by atoms with Crippen LogP contribution in [0.3, 0.4) is 0 Å². The molecule has 0 aromatic heterocycles. The molecule has 2 N–H and O–H groups in total. The molecule has 1 unspecified atom stereocenters. The van der Waals surface area contributed by atoms with E-state index < -0.39 is 5.97 Å². The Morgan fingerprint density at radius 1 is 1.33 bits per heavy atom. The average Bonchev–Trinajstić information content (AvgIpc) is 3.18. The highest BCUT2D eigenvalue weighted by Gasteiger charge is 2.29. The van der Waals surface area contributed by atoms with Gasteiger partial charge in [0.2, 0.25) is 0 Å². The van der Waals surface area contributed by atoms with Crippen molar-refractivity contribution >= 4 is 5.97 Å². The first-order valence-electron chi connectivity index (χ1n) is 7.41. The highest BCUT2D eigenvalue weighted by Crippen LogP contribution is 2.23. The third-order valence-corrected chi connectivity index (χ3v) is 4.21. The van der Waals surface area contributed by atoms with Crippen molar-refractivity contribution in [2.45, 2.75) is 57.5 Å². The fourth-order valence-corrected chi connectivity index (χ4v) is 2.83. The summed E-state index contributed by atoms with van der Waals surface area (Å²) in [6.45, 7) is 5.09. The average molecular weight is 254 g/mol. The van der Waals surface area contributed by atoms with Crippen LogP contribution in [0.1, 0.15) is 45.4 Å². The standard InChI is InChI=1S/C14H26N2O2/c1-2-3-13(14(17)18)16-8-6-11(7-9-16)10-15-12-4-5-12/h11-13,15H,2-10H2,1H3,(H,17,18). The van der Waals surface area contributed by atoms with Crippen LogP contribution in [0, 0.1) is 5.92 Å². The number of carboxylic acid groups (broad SMARTS) is 1. The molecule has 4 heteroatoms. The lowest BCUT2D eigenvalue weighted by Gasteiger charge is -2.35. The van der Waals surface area contributed by atoms with E-state index in [0.29, 0.717) is 0 Å². The van der Waals surface area contributed by atoms with Crippen molar-refractivity contribution in [3.63, 3.8) is 0 Å². The summed E-state index contributed by atoms with van der Waals surface area (Å²) >= 11 is 0. The van der Waals surface area contributed by atoms with Gasteiger partial charge in [0.1, 0.15) is 6.04 Å². The van der Waals surface area contributed by atoms with Crippen LogP contribution in [0.25, 0.3) is 0 Å². The van der Waals surface area contributed by atoms with Gasteiger partial charge in [-0.1, -0.05) is 13.3 Å². The van der Waals surface area contributed by atoms with Gasteiger partial charge in [-0.2, -0.15) is 0 Å². The molecule has 0 aromatic carbocycles. The number of likely N-dealkylation sites (tertiary alicyclic amines) is 1. The lowest BCUT2D eigenvalue weighted by molar-refractivity contribution is -0.144. The Morgan fingerprint density at radius 2 is 2.00 bits per heavy atom. The number of nitrogens with zero attached hydrogens (tertiary/aromatic N) is 1. The first-order valence-corrected chi connectivity index (χ1v) is 7.41. The lowest BCUT2D eigenvalue weighted by atomic mass is 9.95. The second kappa shape index (κ2) is 6.53. The molecule has 1 saturated heterocycles. The Bertz CT molecular complexity index is 271. The van der Waals surface area contributed by atoms with E-state index in [9.17, 15) is 9.90 Å². The normalized spacial score (nSPS) is 24.1. The summed E-state index contributed by atoms with van der Waals surface area (Å²) in [4.78, 5) is 13.4. The van der Waals surface area contributed by atoms with Gasteiger partial charge in [0.05, 0.1) is 0 Å². The summed E-state index contributed by atoms with van der Waals surface area (Å²) < 4.78 is 0. The predicted octanol–water partition coefficient (Wildman–Crippen LogP) is 1.70. The van der Waals surface area contributed by atoms with Crippen LogP contribution in [-0.2, 0) is 4.79 Å². The number of rotatable bonds is 7. The highest BCUT2D eigenvalue weighted by atomic mass is 16.4. The van der Waals surface area contributed by atoms with E-state index in [1.54, 1.807) is 0 Å². The molecule has 2 aliphatic rings. The molecule has 0 amide bonds. The minimum Gasteiger partial charge on any atom is -0.480 e. The zero-order valence-electron chi connectivity index (χ0n) is 11.4. The number of nitrogens with one attached hydrogen (secondary N) is 1. The summed E-state index contributed by atoms with van der Waals surface area (Å²) in [6, 6.07) is 0.530. The first-order chi connectivity index (χ1) is 8.70. The second-order valence-corrected chi connectivity index (χ2v) is 5.80. The van der Waals surface area contributed by atoms with Gasteiger partial charge in [-0.3, -0.25) is 9.69 Å². The maximum atomic E-state index is 11.2.